The Labute approximate surface area is 125 Å². The number of benzene rings is 1. The van der Waals surface area contributed by atoms with Gasteiger partial charge in [0.05, 0.1) is 11.0 Å². The predicted molar refractivity (Wildman–Crippen MR) is 84.9 cm³/mol. The summed E-state index contributed by atoms with van der Waals surface area (Å²) < 4.78 is 2.13. The van der Waals surface area contributed by atoms with Crippen LogP contribution >= 0.6 is 0 Å². The van der Waals surface area contributed by atoms with Crippen molar-refractivity contribution < 1.29 is 4.79 Å². The fraction of sp³-hybridized carbons (Fsp3) is 0.500. The second-order valence-corrected chi connectivity index (χ2v) is 5.36. The monoisotopic (exact) mass is 288 g/mol. The van der Waals surface area contributed by atoms with Crippen LogP contribution < -0.4 is 11.1 Å². The minimum atomic E-state index is 0.0781. The number of rotatable bonds is 7. The summed E-state index contributed by atoms with van der Waals surface area (Å²) in [5, 5.41) is 2.97. The first-order chi connectivity index (χ1) is 10.2. The van der Waals surface area contributed by atoms with Crippen LogP contribution in [0.5, 0.6) is 0 Å². The van der Waals surface area contributed by atoms with Crippen molar-refractivity contribution >= 4 is 16.9 Å². The Morgan fingerprint density at radius 1 is 1.43 bits per heavy atom. The first kappa shape index (κ1) is 15.5. The predicted octanol–water partition coefficient (Wildman–Crippen LogP) is 1.84. The van der Waals surface area contributed by atoms with Gasteiger partial charge in [-0.15, -0.1) is 0 Å². The quantitative estimate of drug-likeness (QED) is 0.816. The van der Waals surface area contributed by atoms with Gasteiger partial charge >= 0.3 is 0 Å². The van der Waals surface area contributed by atoms with Gasteiger partial charge in [0.25, 0.3) is 0 Å². The molecular formula is C16H24N4O. The summed E-state index contributed by atoms with van der Waals surface area (Å²) in [5.74, 6) is 1.33. The third kappa shape index (κ3) is 3.82. The summed E-state index contributed by atoms with van der Waals surface area (Å²) in [7, 11) is 0. The molecule has 1 aromatic carbocycles. The summed E-state index contributed by atoms with van der Waals surface area (Å²) in [6.45, 7) is 5.96. The summed E-state index contributed by atoms with van der Waals surface area (Å²) in [6, 6.07) is 8.05. The molecular weight excluding hydrogens is 264 g/mol. The number of nitrogens with zero attached hydrogens (tertiary/aromatic N) is 2. The van der Waals surface area contributed by atoms with Crippen molar-refractivity contribution in [3.05, 3.63) is 30.1 Å². The molecule has 0 saturated heterocycles. The van der Waals surface area contributed by atoms with E-state index in [2.05, 4.69) is 27.9 Å². The van der Waals surface area contributed by atoms with Gasteiger partial charge in [0.15, 0.2) is 0 Å². The Balaban J connectivity index is 1.90. The van der Waals surface area contributed by atoms with Gasteiger partial charge in [-0.05, 0) is 31.5 Å². The van der Waals surface area contributed by atoms with E-state index in [1.807, 2.05) is 25.1 Å². The number of amides is 1. The fourth-order valence-electron chi connectivity index (χ4n) is 2.51. The highest BCUT2D eigenvalue weighted by molar-refractivity contribution is 5.77. The highest BCUT2D eigenvalue weighted by Gasteiger charge is 2.11. The maximum Gasteiger partial charge on any atom is 0.220 e. The highest BCUT2D eigenvalue weighted by Crippen LogP contribution is 2.14. The van der Waals surface area contributed by atoms with Gasteiger partial charge < -0.3 is 15.6 Å². The standard InChI is InChI=1S/C16H24N4O/c1-3-13(11-17)10-16(21)18-8-9-20-12(2)19-14-6-4-5-7-15(14)20/h4-7,13H,3,8-11,17H2,1-2H3,(H,18,21). The molecule has 5 heteroatoms. The van der Waals surface area contributed by atoms with Crippen LogP contribution in [0.15, 0.2) is 24.3 Å². The van der Waals surface area contributed by atoms with E-state index in [0.717, 1.165) is 29.8 Å². The molecule has 0 aliphatic heterocycles. The van der Waals surface area contributed by atoms with Crippen LogP contribution in [0.25, 0.3) is 11.0 Å². The minimum Gasteiger partial charge on any atom is -0.354 e. The zero-order chi connectivity index (χ0) is 15.2. The number of para-hydroxylation sites is 2. The van der Waals surface area contributed by atoms with Crippen molar-refractivity contribution in [2.45, 2.75) is 33.2 Å². The zero-order valence-electron chi connectivity index (χ0n) is 12.8. The average Bonchev–Trinajstić information content (AvgIpc) is 2.81. The number of imidazole rings is 1. The smallest absolute Gasteiger partial charge is 0.220 e. The van der Waals surface area contributed by atoms with E-state index in [-0.39, 0.29) is 11.8 Å². The molecule has 5 nitrogen and oxygen atoms in total. The molecule has 3 N–H and O–H groups in total. The van der Waals surface area contributed by atoms with Gasteiger partial charge in [0.2, 0.25) is 5.91 Å². The van der Waals surface area contributed by atoms with Gasteiger partial charge in [0, 0.05) is 19.5 Å². The Hall–Kier alpha value is -1.88. The molecule has 1 heterocycles. The molecule has 0 fully saturated rings. The van der Waals surface area contributed by atoms with Crippen LogP contribution in [0.3, 0.4) is 0 Å². The van der Waals surface area contributed by atoms with Crippen LogP contribution in [0, 0.1) is 12.8 Å². The number of aryl methyl sites for hydroxylation is 1. The molecule has 1 atom stereocenters. The lowest BCUT2D eigenvalue weighted by atomic mass is 10.0. The largest absolute Gasteiger partial charge is 0.354 e. The normalized spacial score (nSPS) is 12.5. The molecule has 2 rings (SSSR count). The number of nitrogens with two attached hydrogens (primary N) is 1. The molecule has 0 aliphatic carbocycles. The number of carbonyl (C=O) groups is 1. The zero-order valence-corrected chi connectivity index (χ0v) is 12.8. The molecule has 0 aliphatic rings. The average molecular weight is 288 g/mol. The number of hydrogen-bond donors (Lipinski definition) is 2. The minimum absolute atomic E-state index is 0.0781. The summed E-state index contributed by atoms with van der Waals surface area (Å²) in [4.78, 5) is 16.4. The fourth-order valence-corrected chi connectivity index (χ4v) is 2.51. The summed E-state index contributed by atoms with van der Waals surface area (Å²) in [5.41, 5.74) is 7.73. The lowest BCUT2D eigenvalue weighted by Gasteiger charge is -2.12. The number of hydrogen-bond acceptors (Lipinski definition) is 3. The van der Waals surface area contributed by atoms with E-state index in [1.54, 1.807) is 0 Å². The molecule has 0 saturated carbocycles. The molecule has 21 heavy (non-hydrogen) atoms. The number of fused-ring (bicyclic) bond motifs is 1. The Morgan fingerprint density at radius 2 is 2.19 bits per heavy atom. The third-order valence-electron chi connectivity index (χ3n) is 3.89. The van der Waals surface area contributed by atoms with Crippen LogP contribution in [-0.2, 0) is 11.3 Å². The number of nitrogens with one attached hydrogen (secondary N) is 1. The van der Waals surface area contributed by atoms with Gasteiger partial charge in [-0.25, -0.2) is 4.98 Å². The van der Waals surface area contributed by atoms with Crippen molar-refractivity contribution in [1.29, 1.82) is 0 Å². The second-order valence-electron chi connectivity index (χ2n) is 5.36. The van der Waals surface area contributed by atoms with Crippen LogP contribution in [0.4, 0.5) is 0 Å². The molecule has 1 amide bonds. The van der Waals surface area contributed by atoms with Crippen molar-refractivity contribution in [1.82, 2.24) is 14.9 Å². The molecule has 0 bridgehead atoms. The Kier molecular flexibility index (Phi) is 5.33. The Morgan fingerprint density at radius 3 is 2.90 bits per heavy atom. The van der Waals surface area contributed by atoms with Crippen molar-refractivity contribution in [2.75, 3.05) is 13.1 Å². The maximum absolute atomic E-state index is 11.9. The SMILES string of the molecule is CCC(CN)CC(=O)NCCn1c(C)nc2ccccc21. The first-order valence-corrected chi connectivity index (χ1v) is 7.54. The second kappa shape index (κ2) is 7.22. The maximum atomic E-state index is 11.9. The molecule has 0 radical (unpaired) electrons. The van der Waals surface area contributed by atoms with Crippen LogP contribution in [0.2, 0.25) is 0 Å². The third-order valence-corrected chi connectivity index (χ3v) is 3.89. The lowest BCUT2D eigenvalue weighted by Crippen LogP contribution is -2.30. The van der Waals surface area contributed by atoms with Crippen LogP contribution in [0.1, 0.15) is 25.6 Å². The van der Waals surface area contributed by atoms with E-state index < -0.39 is 0 Å². The van der Waals surface area contributed by atoms with E-state index >= 15 is 0 Å². The summed E-state index contributed by atoms with van der Waals surface area (Å²) in [6.07, 6.45) is 1.45. The van der Waals surface area contributed by atoms with Crippen molar-refractivity contribution in [3.8, 4) is 0 Å². The van der Waals surface area contributed by atoms with E-state index in [0.29, 0.717) is 19.5 Å². The van der Waals surface area contributed by atoms with Gasteiger partial charge in [-0.3, -0.25) is 4.79 Å². The highest BCUT2D eigenvalue weighted by atomic mass is 16.1. The molecule has 1 aromatic heterocycles. The number of carbonyl (C=O) groups excluding carboxylic acids is 1. The summed E-state index contributed by atoms with van der Waals surface area (Å²) >= 11 is 0. The van der Waals surface area contributed by atoms with Crippen molar-refractivity contribution in [3.63, 3.8) is 0 Å². The molecule has 114 valence electrons. The molecule has 2 aromatic rings. The molecule has 0 spiro atoms. The van der Waals surface area contributed by atoms with Gasteiger partial charge in [0.1, 0.15) is 5.82 Å². The Bertz CT molecular complexity index is 601. The topological polar surface area (TPSA) is 72.9 Å². The number of aromatic nitrogens is 2. The molecule has 1 unspecified atom stereocenters. The van der Waals surface area contributed by atoms with Gasteiger partial charge in [-0.2, -0.15) is 0 Å². The first-order valence-electron chi connectivity index (χ1n) is 7.54. The lowest BCUT2D eigenvalue weighted by molar-refractivity contribution is -0.122. The van der Waals surface area contributed by atoms with Crippen molar-refractivity contribution in [2.24, 2.45) is 11.7 Å². The van der Waals surface area contributed by atoms with E-state index in [9.17, 15) is 4.79 Å². The van der Waals surface area contributed by atoms with Crippen LogP contribution in [-0.4, -0.2) is 28.5 Å². The van der Waals surface area contributed by atoms with E-state index in [4.69, 9.17) is 5.73 Å². The van der Waals surface area contributed by atoms with E-state index in [1.165, 1.54) is 0 Å². The van der Waals surface area contributed by atoms with Gasteiger partial charge in [-0.1, -0.05) is 25.5 Å².